The first-order valence-electron chi connectivity index (χ1n) is 8.27. The Morgan fingerprint density at radius 3 is 2.78 bits per heavy atom. The largest absolute Gasteiger partial charge is 0.325 e. The van der Waals surface area contributed by atoms with Crippen molar-refractivity contribution < 1.29 is 4.79 Å². The maximum absolute atomic E-state index is 12.4. The van der Waals surface area contributed by atoms with Crippen LogP contribution in [-0.2, 0) is 4.79 Å². The quantitative estimate of drug-likeness (QED) is 0.494. The molecule has 4 aromatic rings. The molecule has 1 heterocycles. The van der Waals surface area contributed by atoms with E-state index in [0.29, 0.717) is 10.2 Å². The third kappa shape index (κ3) is 3.97. The van der Waals surface area contributed by atoms with Gasteiger partial charge in [0.2, 0.25) is 5.91 Å². The second-order valence-electron chi connectivity index (χ2n) is 5.83. The van der Waals surface area contributed by atoms with E-state index in [4.69, 9.17) is 11.6 Å². The second-order valence-corrected chi connectivity index (χ2v) is 7.21. The van der Waals surface area contributed by atoms with Crippen LogP contribution in [0.25, 0.3) is 16.5 Å². The minimum absolute atomic E-state index is 0.100. The summed E-state index contributed by atoms with van der Waals surface area (Å²) in [5.74, 6) is 0.125. The van der Waals surface area contributed by atoms with Gasteiger partial charge in [-0.15, -0.1) is 10.2 Å². The lowest BCUT2D eigenvalue weighted by atomic mass is 10.1. The number of amides is 1. The van der Waals surface area contributed by atoms with Gasteiger partial charge >= 0.3 is 0 Å². The zero-order valence-corrected chi connectivity index (χ0v) is 15.7. The SMILES string of the molecule is O=C(CSc1nncn1-c1cccc(Cl)c1)Nc1cccc2ccccc12. The van der Waals surface area contributed by atoms with E-state index in [2.05, 4.69) is 15.5 Å². The van der Waals surface area contributed by atoms with Crippen LogP contribution < -0.4 is 5.32 Å². The molecule has 1 aromatic heterocycles. The van der Waals surface area contributed by atoms with Crippen molar-refractivity contribution in [2.45, 2.75) is 5.16 Å². The Bertz CT molecular complexity index is 1110. The normalized spacial score (nSPS) is 10.9. The number of hydrogen-bond acceptors (Lipinski definition) is 4. The number of anilines is 1. The van der Waals surface area contributed by atoms with Crippen LogP contribution in [0.3, 0.4) is 0 Å². The van der Waals surface area contributed by atoms with Crippen molar-refractivity contribution in [1.29, 1.82) is 0 Å². The van der Waals surface area contributed by atoms with Crippen molar-refractivity contribution in [2.75, 3.05) is 11.1 Å². The first-order chi connectivity index (χ1) is 13.2. The van der Waals surface area contributed by atoms with E-state index < -0.39 is 0 Å². The van der Waals surface area contributed by atoms with Crippen LogP contribution in [-0.4, -0.2) is 26.4 Å². The van der Waals surface area contributed by atoms with Crippen LogP contribution in [0.15, 0.2) is 78.2 Å². The number of nitrogens with one attached hydrogen (secondary N) is 1. The summed E-state index contributed by atoms with van der Waals surface area (Å²) in [4.78, 5) is 12.4. The molecule has 0 aliphatic heterocycles. The molecule has 1 N–H and O–H groups in total. The lowest BCUT2D eigenvalue weighted by Crippen LogP contribution is -2.14. The predicted molar refractivity (Wildman–Crippen MR) is 110 cm³/mol. The average Bonchev–Trinajstić information content (AvgIpc) is 3.15. The van der Waals surface area contributed by atoms with Gasteiger partial charge in [-0.2, -0.15) is 0 Å². The maximum Gasteiger partial charge on any atom is 0.234 e. The molecule has 1 amide bonds. The molecule has 3 aromatic carbocycles. The lowest BCUT2D eigenvalue weighted by Gasteiger charge is -2.09. The number of benzene rings is 3. The van der Waals surface area contributed by atoms with E-state index in [-0.39, 0.29) is 11.7 Å². The smallest absolute Gasteiger partial charge is 0.234 e. The number of hydrogen-bond donors (Lipinski definition) is 1. The number of carbonyl (C=O) groups excluding carboxylic acids is 1. The number of rotatable bonds is 5. The zero-order chi connectivity index (χ0) is 18.6. The second kappa shape index (κ2) is 7.82. The third-order valence-corrected chi connectivity index (χ3v) is 5.18. The van der Waals surface area contributed by atoms with Crippen molar-refractivity contribution in [1.82, 2.24) is 14.8 Å². The molecule has 0 unspecified atom stereocenters. The van der Waals surface area contributed by atoms with Gasteiger partial charge in [-0.05, 0) is 29.7 Å². The Balaban J connectivity index is 1.47. The van der Waals surface area contributed by atoms with Gasteiger partial charge in [0.05, 0.1) is 11.4 Å². The Hall–Kier alpha value is -2.83. The highest BCUT2D eigenvalue weighted by molar-refractivity contribution is 7.99. The summed E-state index contributed by atoms with van der Waals surface area (Å²) >= 11 is 7.38. The molecular formula is C20H15ClN4OS. The van der Waals surface area contributed by atoms with Gasteiger partial charge in [-0.1, -0.05) is 65.8 Å². The molecule has 7 heteroatoms. The summed E-state index contributed by atoms with van der Waals surface area (Å²) in [6, 6.07) is 21.2. The number of fused-ring (bicyclic) bond motifs is 1. The Labute approximate surface area is 165 Å². The molecule has 0 saturated carbocycles. The van der Waals surface area contributed by atoms with Gasteiger partial charge in [0.1, 0.15) is 6.33 Å². The monoisotopic (exact) mass is 394 g/mol. The molecule has 0 saturated heterocycles. The van der Waals surface area contributed by atoms with Crippen LogP contribution in [0, 0.1) is 0 Å². The van der Waals surface area contributed by atoms with Crippen LogP contribution in [0.4, 0.5) is 5.69 Å². The average molecular weight is 395 g/mol. The van der Waals surface area contributed by atoms with Crippen LogP contribution in [0.5, 0.6) is 0 Å². The number of aromatic nitrogens is 3. The molecule has 0 fully saturated rings. The number of nitrogens with zero attached hydrogens (tertiary/aromatic N) is 3. The van der Waals surface area contributed by atoms with E-state index in [9.17, 15) is 4.79 Å². The summed E-state index contributed by atoms with van der Waals surface area (Å²) in [6.07, 6.45) is 1.61. The molecule has 27 heavy (non-hydrogen) atoms. The molecule has 0 spiro atoms. The van der Waals surface area contributed by atoms with Crippen molar-refractivity contribution in [2.24, 2.45) is 0 Å². The number of thioether (sulfide) groups is 1. The van der Waals surface area contributed by atoms with E-state index >= 15 is 0 Å². The highest BCUT2D eigenvalue weighted by Gasteiger charge is 2.11. The summed E-state index contributed by atoms with van der Waals surface area (Å²) in [5.41, 5.74) is 1.65. The Morgan fingerprint density at radius 1 is 1.07 bits per heavy atom. The molecule has 0 bridgehead atoms. The molecule has 134 valence electrons. The van der Waals surface area contributed by atoms with Gasteiger partial charge in [-0.3, -0.25) is 9.36 Å². The molecule has 0 aliphatic rings. The molecule has 0 radical (unpaired) electrons. The van der Waals surface area contributed by atoms with Crippen LogP contribution in [0.1, 0.15) is 0 Å². The first kappa shape index (κ1) is 17.6. The molecule has 5 nitrogen and oxygen atoms in total. The van der Waals surface area contributed by atoms with Crippen molar-refractivity contribution >= 4 is 45.7 Å². The fourth-order valence-corrected chi connectivity index (χ4v) is 3.69. The molecule has 0 atom stereocenters. The fraction of sp³-hybridized carbons (Fsp3) is 0.0500. The summed E-state index contributed by atoms with van der Waals surface area (Å²) in [6.45, 7) is 0. The fourth-order valence-electron chi connectivity index (χ4n) is 2.78. The summed E-state index contributed by atoms with van der Waals surface area (Å²) in [5, 5.41) is 14.4. The molecular weight excluding hydrogens is 380 g/mol. The predicted octanol–water partition coefficient (Wildman–Crippen LogP) is 4.80. The first-order valence-corrected chi connectivity index (χ1v) is 9.63. The number of carbonyl (C=O) groups is 1. The topological polar surface area (TPSA) is 59.8 Å². The lowest BCUT2D eigenvalue weighted by molar-refractivity contribution is -0.113. The Morgan fingerprint density at radius 2 is 1.89 bits per heavy atom. The number of halogens is 1. The summed E-state index contributed by atoms with van der Waals surface area (Å²) < 4.78 is 1.81. The van der Waals surface area contributed by atoms with E-state index in [1.54, 1.807) is 12.4 Å². The third-order valence-electron chi connectivity index (χ3n) is 4.00. The maximum atomic E-state index is 12.4. The molecule has 0 aliphatic carbocycles. The van der Waals surface area contributed by atoms with Gasteiger partial charge in [0.25, 0.3) is 0 Å². The van der Waals surface area contributed by atoms with Crippen LogP contribution >= 0.6 is 23.4 Å². The van der Waals surface area contributed by atoms with Crippen LogP contribution in [0.2, 0.25) is 5.02 Å². The van der Waals surface area contributed by atoms with Gasteiger partial charge in [-0.25, -0.2) is 0 Å². The standard InChI is InChI=1S/C20H15ClN4OS/c21-15-7-4-8-16(11-15)25-13-22-24-20(25)27-12-19(26)23-18-10-3-6-14-5-1-2-9-17(14)18/h1-11,13H,12H2,(H,23,26). The van der Waals surface area contributed by atoms with Crippen molar-refractivity contribution in [3.05, 3.63) is 78.1 Å². The van der Waals surface area contributed by atoms with E-state index in [0.717, 1.165) is 22.1 Å². The zero-order valence-electron chi connectivity index (χ0n) is 14.2. The minimum Gasteiger partial charge on any atom is -0.325 e. The van der Waals surface area contributed by atoms with E-state index in [1.165, 1.54) is 11.8 Å². The minimum atomic E-state index is -0.100. The highest BCUT2D eigenvalue weighted by Crippen LogP contribution is 2.24. The van der Waals surface area contributed by atoms with Crippen molar-refractivity contribution in [3.8, 4) is 5.69 Å². The summed E-state index contributed by atoms with van der Waals surface area (Å²) in [7, 11) is 0. The van der Waals surface area contributed by atoms with Gasteiger partial charge in [0, 0.05) is 16.1 Å². The highest BCUT2D eigenvalue weighted by atomic mass is 35.5. The van der Waals surface area contributed by atoms with E-state index in [1.807, 2.05) is 65.2 Å². The van der Waals surface area contributed by atoms with Gasteiger partial charge < -0.3 is 5.32 Å². The van der Waals surface area contributed by atoms with Crippen molar-refractivity contribution in [3.63, 3.8) is 0 Å². The van der Waals surface area contributed by atoms with Gasteiger partial charge in [0.15, 0.2) is 5.16 Å². The molecule has 4 rings (SSSR count). The Kier molecular flexibility index (Phi) is 5.09.